The van der Waals surface area contributed by atoms with Crippen LogP contribution in [0.3, 0.4) is 0 Å². The Labute approximate surface area is 91.3 Å². The Kier molecular flexibility index (Phi) is 1.70. The summed E-state index contributed by atoms with van der Waals surface area (Å²) in [6, 6.07) is 9.69. The first-order chi connectivity index (χ1) is 7.25. The molecule has 0 fully saturated rings. The first-order valence-corrected chi connectivity index (χ1v) is 5.04. The van der Waals surface area contributed by atoms with E-state index in [1.165, 1.54) is 0 Å². The summed E-state index contributed by atoms with van der Waals surface area (Å²) in [5.41, 5.74) is 2.78. The van der Waals surface area contributed by atoms with E-state index in [0.29, 0.717) is 10.9 Å². The molecule has 3 nitrogen and oxygen atoms in total. The maximum absolute atomic E-state index is 6.17. The Morgan fingerprint density at radius 2 is 2.00 bits per heavy atom. The fourth-order valence-electron chi connectivity index (χ4n) is 1.73. The summed E-state index contributed by atoms with van der Waals surface area (Å²) >= 11 is 6.17. The van der Waals surface area contributed by atoms with Gasteiger partial charge in [-0.1, -0.05) is 23.7 Å². The molecule has 0 atom stereocenters. The first kappa shape index (κ1) is 8.68. The van der Waals surface area contributed by atoms with Crippen LogP contribution in [0.4, 0.5) is 0 Å². The summed E-state index contributed by atoms with van der Waals surface area (Å²) < 4.78 is 1.85. The van der Waals surface area contributed by atoms with Gasteiger partial charge in [0.2, 0.25) is 5.78 Å². The lowest BCUT2D eigenvalue weighted by molar-refractivity contribution is 1.09. The molecule has 3 rings (SSSR count). The minimum absolute atomic E-state index is 0.645. The minimum Gasteiger partial charge on any atom is -0.266 e. The molecule has 2 aromatic heterocycles. The van der Waals surface area contributed by atoms with E-state index in [1.807, 2.05) is 41.7 Å². The highest BCUT2D eigenvalue weighted by Gasteiger charge is 2.07. The van der Waals surface area contributed by atoms with Gasteiger partial charge in [-0.05, 0) is 25.1 Å². The number of halogens is 1. The van der Waals surface area contributed by atoms with Gasteiger partial charge in [-0.2, -0.15) is 0 Å². The standard InChI is InChI=1S/C11H8ClN3/c1-7-6-10(12)15-9-5-3-2-4-8(9)14-11(15)13-7/h2-6H,1H3. The molecule has 4 heteroatoms. The highest BCUT2D eigenvalue weighted by atomic mass is 35.5. The third kappa shape index (κ3) is 1.20. The van der Waals surface area contributed by atoms with Gasteiger partial charge in [0.1, 0.15) is 5.15 Å². The Bertz CT molecular complexity index is 657. The molecule has 0 saturated carbocycles. The Morgan fingerprint density at radius 3 is 2.87 bits per heavy atom. The third-order valence-corrected chi connectivity index (χ3v) is 2.64. The summed E-state index contributed by atoms with van der Waals surface area (Å²) in [6.07, 6.45) is 0. The van der Waals surface area contributed by atoms with Crippen molar-refractivity contribution in [1.82, 2.24) is 14.4 Å². The molecule has 0 N–H and O–H groups in total. The van der Waals surface area contributed by atoms with Gasteiger partial charge >= 0.3 is 0 Å². The molecule has 0 saturated heterocycles. The van der Waals surface area contributed by atoms with Crippen molar-refractivity contribution < 1.29 is 0 Å². The SMILES string of the molecule is Cc1cc(Cl)n2c(n1)nc1ccccc12. The topological polar surface area (TPSA) is 30.2 Å². The molecule has 74 valence electrons. The van der Waals surface area contributed by atoms with E-state index in [9.17, 15) is 0 Å². The van der Waals surface area contributed by atoms with E-state index in [4.69, 9.17) is 11.6 Å². The molecule has 0 radical (unpaired) electrons. The third-order valence-electron chi connectivity index (χ3n) is 2.36. The molecule has 0 bridgehead atoms. The number of fused-ring (bicyclic) bond motifs is 3. The lowest BCUT2D eigenvalue weighted by Crippen LogP contribution is -1.92. The van der Waals surface area contributed by atoms with Crippen molar-refractivity contribution in [2.24, 2.45) is 0 Å². The van der Waals surface area contributed by atoms with Crippen molar-refractivity contribution >= 4 is 28.4 Å². The zero-order valence-electron chi connectivity index (χ0n) is 8.11. The van der Waals surface area contributed by atoms with Gasteiger partial charge in [-0.15, -0.1) is 0 Å². The van der Waals surface area contributed by atoms with Crippen molar-refractivity contribution in [3.05, 3.63) is 41.2 Å². The number of benzene rings is 1. The van der Waals surface area contributed by atoms with Crippen LogP contribution < -0.4 is 0 Å². The van der Waals surface area contributed by atoms with Crippen LogP contribution in [-0.2, 0) is 0 Å². The number of nitrogens with zero attached hydrogens (tertiary/aromatic N) is 3. The second-order valence-electron chi connectivity index (χ2n) is 3.46. The number of aryl methyl sites for hydroxylation is 1. The maximum atomic E-state index is 6.17. The predicted molar refractivity (Wildman–Crippen MR) is 60.2 cm³/mol. The molecule has 0 aliphatic carbocycles. The van der Waals surface area contributed by atoms with E-state index in [2.05, 4.69) is 9.97 Å². The Balaban J connectivity index is 2.61. The smallest absolute Gasteiger partial charge is 0.236 e. The van der Waals surface area contributed by atoms with Gasteiger partial charge in [0.25, 0.3) is 0 Å². The highest BCUT2D eigenvalue weighted by Crippen LogP contribution is 2.20. The largest absolute Gasteiger partial charge is 0.266 e. The predicted octanol–water partition coefficient (Wildman–Crippen LogP) is 2.84. The summed E-state index contributed by atoms with van der Waals surface area (Å²) in [7, 11) is 0. The van der Waals surface area contributed by atoms with E-state index in [-0.39, 0.29) is 0 Å². The molecule has 1 aromatic carbocycles. The van der Waals surface area contributed by atoms with Gasteiger partial charge in [-0.3, -0.25) is 4.40 Å². The second-order valence-corrected chi connectivity index (χ2v) is 3.84. The van der Waals surface area contributed by atoms with E-state index in [0.717, 1.165) is 16.7 Å². The summed E-state index contributed by atoms with van der Waals surface area (Å²) in [6.45, 7) is 1.91. The van der Waals surface area contributed by atoms with Crippen LogP contribution in [-0.4, -0.2) is 14.4 Å². The minimum atomic E-state index is 0.645. The number of hydrogen-bond donors (Lipinski definition) is 0. The number of rotatable bonds is 0. The van der Waals surface area contributed by atoms with Crippen LogP contribution >= 0.6 is 11.6 Å². The molecule has 2 heterocycles. The van der Waals surface area contributed by atoms with Gasteiger partial charge < -0.3 is 0 Å². The van der Waals surface area contributed by atoms with Crippen LogP contribution in [0.2, 0.25) is 5.15 Å². The number of imidazole rings is 1. The van der Waals surface area contributed by atoms with Crippen molar-refractivity contribution in [3.63, 3.8) is 0 Å². The maximum Gasteiger partial charge on any atom is 0.236 e. The number of hydrogen-bond acceptors (Lipinski definition) is 2. The summed E-state index contributed by atoms with van der Waals surface area (Å²) in [4.78, 5) is 8.75. The monoisotopic (exact) mass is 217 g/mol. The van der Waals surface area contributed by atoms with E-state index in [1.54, 1.807) is 0 Å². The fraction of sp³-hybridized carbons (Fsp3) is 0.0909. The van der Waals surface area contributed by atoms with Gasteiger partial charge in [0, 0.05) is 5.69 Å². The lowest BCUT2D eigenvalue weighted by Gasteiger charge is -1.99. The van der Waals surface area contributed by atoms with Crippen LogP contribution in [0, 0.1) is 6.92 Å². The normalized spacial score (nSPS) is 11.3. The van der Waals surface area contributed by atoms with E-state index < -0.39 is 0 Å². The lowest BCUT2D eigenvalue weighted by atomic mass is 10.3. The van der Waals surface area contributed by atoms with Crippen LogP contribution in [0.5, 0.6) is 0 Å². The summed E-state index contributed by atoms with van der Waals surface area (Å²) in [5, 5.41) is 0.645. The van der Waals surface area contributed by atoms with Crippen molar-refractivity contribution in [2.45, 2.75) is 6.92 Å². The average Bonchev–Trinajstić information content (AvgIpc) is 2.54. The van der Waals surface area contributed by atoms with Gasteiger partial charge in [-0.25, -0.2) is 9.97 Å². The Morgan fingerprint density at radius 1 is 1.20 bits per heavy atom. The van der Waals surface area contributed by atoms with Crippen LogP contribution in [0.1, 0.15) is 5.69 Å². The molecule has 15 heavy (non-hydrogen) atoms. The highest BCUT2D eigenvalue weighted by molar-refractivity contribution is 6.30. The molecular formula is C11H8ClN3. The molecule has 0 unspecified atom stereocenters. The van der Waals surface area contributed by atoms with Crippen LogP contribution in [0.25, 0.3) is 16.8 Å². The zero-order chi connectivity index (χ0) is 10.4. The molecule has 0 amide bonds. The first-order valence-electron chi connectivity index (χ1n) is 4.66. The second kappa shape index (κ2) is 2.94. The quantitative estimate of drug-likeness (QED) is 0.542. The zero-order valence-corrected chi connectivity index (χ0v) is 8.86. The molecule has 0 aliphatic rings. The van der Waals surface area contributed by atoms with Gasteiger partial charge in [0.15, 0.2) is 0 Å². The molecule has 0 aliphatic heterocycles. The summed E-state index contributed by atoms with van der Waals surface area (Å²) in [5.74, 6) is 0.654. The van der Waals surface area contributed by atoms with Crippen molar-refractivity contribution in [2.75, 3.05) is 0 Å². The number of aromatic nitrogens is 3. The molecular weight excluding hydrogens is 210 g/mol. The van der Waals surface area contributed by atoms with Crippen LogP contribution in [0.15, 0.2) is 30.3 Å². The van der Waals surface area contributed by atoms with Crippen molar-refractivity contribution in [3.8, 4) is 0 Å². The van der Waals surface area contributed by atoms with E-state index >= 15 is 0 Å². The fourth-order valence-corrected chi connectivity index (χ4v) is 2.05. The molecule has 0 spiro atoms. The van der Waals surface area contributed by atoms with Crippen molar-refractivity contribution in [1.29, 1.82) is 0 Å². The Hall–Kier alpha value is -1.61. The van der Waals surface area contributed by atoms with Gasteiger partial charge in [0.05, 0.1) is 11.0 Å². The average molecular weight is 218 g/mol. The number of para-hydroxylation sites is 2. The molecule has 3 aromatic rings.